The second-order valence-electron chi connectivity index (χ2n) is 4.92. The number of hydrogen-bond acceptors (Lipinski definition) is 3. The van der Waals surface area contributed by atoms with Crippen LogP contribution in [0.2, 0.25) is 0 Å². The highest BCUT2D eigenvalue weighted by Gasteiger charge is 2.22. The predicted octanol–water partition coefficient (Wildman–Crippen LogP) is 0.976. The summed E-state index contributed by atoms with van der Waals surface area (Å²) >= 11 is 0. The molecule has 0 aromatic heterocycles. The number of nitrogen functional groups attached to an aromatic ring is 1. The Labute approximate surface area is 112 Å². The Balaban J connectivity index is 1.76. The molecule has 0 atom stereocenters. The second-order valence-corrected chi connectivity index (χ2v) is 4.92. The first-order valence-electron chi connectivity index (χ1n) is 6.50. The Morgan fingerprint density at radius 1 is 1.37 bits per heavy atom. The van der Waals surface area contributed by atoms with Gasteiger partial charge in [0.2, 0.25) is 5.91 Å². The lowest BCUT2D eigenvalue weighted by Crippen LogP contribution is -2.31. The van der Waals surface area contributed by atoms with Crippen molar-refractivity contribution in [3.63, 3.8) is 0 Å². The first-order chi connectivity index (χ1) is 9.06. The van der Waals surface area contributed by atoms with Crippen molar-refractivity contribution in [2.24, 2.45) is 0 Å². The molecule has 1 aliphatic rings. The normalized spacial score (nSPS) is 13.9. The summed E-state index contributed by atoms with van der Waals surface area (Å²) in [7, 11) is 0. The molecule has 0 heterocycles. The quantitative estimate of drug-likeness (QED) is 0.691. The fourth-order valence-electron chi connectivity index (χ4n) is 1.70. The van der Waals surface area contributed by atoms with E-state index in [1.807, 2.05) is 13.0 Å². The standard InChI is InChI=1S/C14H19N3O2/c1-9-2-3-10(8-12(9)15)14(19)16-7-6-13(18)17-11-4-5-11/h2-3,8,11H,4-7,15H2,1H3,(H,16,19)(H,17,18). The lowest BCUT2D eigenvalue weighted by molar-refractivity contribution is -0.121. The van der Waals surface area contributed by atoms with E-state index >= 15 is 0 Å². The molecule has 19 heavy (non-hydrogen) atoms. The van der Waals surface area contributed by atoms with E-state index < -0.39 is 0 Å². The van der Waals surface area contributed by atoms with E-state index in [1.54, 1.807) is 12.1 Å². The van der Waals surface area contributed by atoms with Gasteiger partial charge in [-0.05, 0) is 37.5 Å². The van der Waals surface area contributed by atoms with Crippen LogP contribution < -0.4 is 16.4 Å². The molecule has 4 N–H and O–H groups in total. The molecule has 5 heteroatoms. The second kappa shape index (κ2) is 5.73. The van der Waals surface area contributed by atoms with Crippen LogP contribution in [-0.4, -0.2) is 24.4 Å². The van der Waals surface area contributed by atoms with E-state index in [1.165, 1.54) is 0 Å². The lowest BCUT2D eigenvalue weighted by Gasteiger charge is -2.07. The van der Waals surface area contributed by atoms with Crippen molar-refractivity contribution in [2.75, 3.05) is 12.3 Å². The fraction of sp³-hybridized carbons (Fsp3) is 0.429. The maximum absolute atomic E-state index is 11.8. The molecule has 1 aromatic rings. The van der Waals surface area contributed by atoms with Crippen LogP contribution >= 0.6 is 0 Å². The maximum atomic E-state index is 11.8. The molecule has 5 nitrogen and oxygen atoms in total. The summed E-state index contributed by atoms with van der Waals surface area (Å²) < 4.78 is 0. The van der Waals surface area contributed by atoms with Crippen LogP contribution in [0.3, 0.4) is 0 Å². The Hall–Kier alpha value is -2.04. The largest absolute Gasteiger partial charge is 0.398 e. The molecule has 1 fully saturated rings. The molecule has 1 aliphatic carbocycles. The summed E-state index contributed by atoms with van der Waals surface area (Å²) in [6, 6.07) is 5.55. The molecule has 0 saturated heterocycles. The molecule has 0 radical (unpaired) electrons. The maximum Gasteiger partial charge on any atom is 0.251 e. The molecular weight excluding hydrogens is 242 g/mol. The minimum atomic E-state index is -0.203. The number of aryl methyl sites for hydroxylation is 1. The van der Waals surface area contributed by atoms with Crippen LogP contribution in [0.5, 0.6) is 0 Å². The van der Waals surface area contributed by atoms with E-state index in [-0.39, 0.29) is 11.8 Å². The highest BCUT2D eigenvalue weighted by molar-refractivity contribution is 5.95. The summed E-state index contributed by atoms with van der Waals surface area (Å²) in [4.78, 5) is 23.3. The third-order valence-corrected chi connectivity index (χ3v) is 3.12. The van der Waals surface area contributed by atoms with Gasteiger partial charge in [-0.15, -0.1) is 0 Å². The van der Waals surface area contributed by atoms with Gasteiger partial charge in [0.25, 0.3) is 5.91 Å². The van der Waals surface area contributed by atoms with E-state index in [0.717, 1.165) is 18.4 Å². The van der Waals surface area contributed by atoms with Crippen molar-refractivity contribution in [2.45, 2.75) is 32.2 Å². The van der Waals surface area contributed by atoms with Gasteiger partial charge in [-0.2, -0.15) is 0 Å². The third-order valence-electron chi connectivity index (χ3n) is 3.12. The molecule has 0 bridgehead atoms. The summed E-state index contributed by atoms with van der Waals surface area (Å²) in [5.41, 5.74) is 7.81. The van der Waals surface area contributed by atoms with E-state index in [9.17, 15) is 9.59 Å². The van der Waals surface area contributed by atoms with Gasteiger partial charge in [0.1, 0.15) is 0 Å². The zero-order chi connectivity index (χ0) is 13.8. The van der Waals surface area contributed by atoms with Crippen LogP contribution in [0.25, 0.3) is 0 Å². The number of amides is 2. The smallest absolute Gasteiger partial charge is 0.251 e. The number of benzene rings is 1. The zero-order valence-electron chi connectivity index (χ0n) is 11.0. The van der Waals surface area contributed by atoms with Crippen LogP contribution in [0.1, 0.15) is 35.2 Å². The first kappa shape index (κ1) is 13.4. The monoisotopic (exact) mass is 261 g/mol. The van der Waals surface area contributed by atoms with Gasteiger partial charge < -0.3 is 16.4 Å². The van der Waals surface area contributed by atoms with Crippen molar-refractivity contribution >= 4 is 17.5 Å². The van der Waals surface area contributed by atoms with Gasteiger partial charge >= 0.3 is 0 Å². The van der Waals surface area contributed by atoms with Crippen LogP contribution in [0, 0.1) is 6.92 Å². The van der Waals surface area contributed by atoms with Crippen LogP contribution in [-0.2, 0) is 4.79 Å². The van der Waals surface area contributed by atoms with Crippen LogP contribution in [0.4, 0.5) is 5.69 Å². The zero-order valence-corrected chi connectivity index (χ0v) is 11.0. The topological polar surface area (TPSA) is 84.2 Å². The highest BCUT2D eigenvalue weighted by atomic mass is 16.2. The van der Waals surface area contributed by atoms with Gasteiger partial charge in [0, 0.05) is 30.3 Å². The minimum Gasteiger partial charge on any atom is -0.398 e. The molecule has 2 amide bonds. The number of carbonyl (C=O) groups excluding carboxylic acids is 2. The van der Waals surface area contributed by atoms with Gasteiger partial charge in [-0.1, -0.05) is 6.07 Å². The number of rotatable bonds is 5. The highest BCUT2D eigenvalue weighted by Crippen LogP contribution is 2.18. The Kier molecular flexibility index (Phi) is 4.04. The average molecular weight is 261 g/mol. The Morgan fingerprint density at radius 3 is 2.74 bits per heavy atom. The van der Waals surface area contributed by atoms with Crippen molar-refractivity contribution in [1.82, 2.24) is 10.6 Å². The van der Waals surface area contributed by atoms with E-state index in [4.69, 9.17) is 5.73 Å². The molecule has 0 aliphatic heterocycles. The van der Waals surface area contributed by atoms with Crippen molar-refractivity contribution < 1.29 is 9.59 Å². The summed E-state index contributed by atoms with van der Waals surface area (Å²) in [5.74, 6) is -0.211. The molecule has 0 spiro atoms. The number of hydrogen-bond donors (Lipinski definition) is 3. The number of nitrogens with one attached hydrogen (secondary N) is 2. The third kappa shape index (κ3) is 3.98. The molecule has 0 unspecified atom stereocenters. The summed E-state index contributed by atoms with van der Waals surface area (Å²) in [6.45, 7) is 2.23. The molecule has 2 rings (SSSR count). The van der Waals surface area contributed by atoms with E-state index in [0.29, 0.717) is 30.3 Å². The number of anilines is 1. The fourth-order valence-corrected chi connectivity index (χ4v) is 1.70. The molecule has 102 valence electrons. The van der Waals surface area contributed by atoms with E-state index in [2.05, 4.69) is 10.6 Å². The predicted molar refractivity (Wildman–Crippen MR) is 73.7 cm³/mol. The van der Waals surface area contributed by atoms with Gasteiger partial charge in [-0.3, -0.25) is 9.59 Å². The van der Waals surface area contributed by atoms with Gasteiger partial charge in [0.15, 0.2) is 0 Å². The minimum absolute atomic E-state index is 0.00813. The average Bonchev–Trinajstić information content (AvgIpc) is 3.16. The van der Waals surface area contributed by atoms with Crippen molar-refractivity contribution in [3.8, 4) is 0 Å². The van der Waals surface area contributed by atoms with Crippen molar-refractivity contribution in [3.05, 3.63) is 29.3 Å². The number of nitrogens with two attached hydrogens (primary N) is 1. The Bertz CT molecular complexity index is 495. The SMILES string of the molecule is Cc1ccc(C(=O)NCCC(=O)NC2CC2)cc1N. The summed E-state index contributed by atoms with van der Waals surface area (Å²) in [6.07, 6.45) is 2.45. The lowest BCUT2D eigenvalue weighted by atomic mass is 10.1. The molecule has 1 aromatic carbocycles. The van der Waals surface area contributed by atoms with Crippen LogP contribution in [0.15, 0.2) is 18.2 Å². The Morgan fingerprint density at radius 2 is 2.11 bits per heavy atom. The summed E-state index contributed by atoms with van der Waals surface area (Å²) in [5, 5.41) is 5.59. The van der Waals surface area contributed by atoms with Gasteiger partial charge in [-0.25, -0.2) is 0 Å². The number of carbonyl (C=O) groups is 2. The van der Waals surface area contributed by atoms with Crippen molar-refractivity contribution in [1.29, 1.82) is 0 Å². The molecular formula is C14H19N3O2. The van der Waals surface area contributed by atoms with Gasteiger partial charge in [0.05, 0.1) is 0 Å². The molecule has 1 saturated carbocycles. The first-order valence-corrected chi connectivity index (χ1v) is 6.50.